The summed E-state index contributed by atoms with van der Waals surface area (Å²) < 4.78 is 5.15. The van der Waals surface area contributed by atoms with Crippen LogP contribution in [-0.2, 0) is 24.2 Å². The Balaban J connectivity index is 0.000000360. The van der Waals surface area contributed by atoms with Gasteiger partial charge in [-0.2, -0.15) is 0 Å². The summed E-state index contributed by atoms with van der Waals surface area (Å²) in [4.78, 5) is 0. The molecule has 0 aromatic heterocycles. The van der Waals surface area contributed by atoms with Gasteiger partial charge in [-0.3, -0.25) is 0 Å². The van der Waals surface area contributed by atoms with Gasteiger partial charge < -0.3 is 3.79 Å². The van der Waals surface area contributed by atoms with Crippen LogP contribution in [-0.4, -0.2) is 22.2 Å². The molecule has 1 saturated heterocycles. The smallest absolute Gasteiger partial charge is 0.423 e. The first-order valence-electron chi connectivity index (χ1n) is 2.43. The molecule has 1 nitrogen and oxygen atoms in total. The van der Waals surface area contributed by atoms with Crippen molar-refractivity contribution in [3.63, 3.8) is 0 Å². The van der Waals surface area contributed by atoms with Crippen LogP contribution in [0.25, 0.3) is 0 Å². The van der Waals surface area contributed by atoms with E-state index in [4.69, 9.17) is 3.79 Å². The van der Waals surface area contributed by atoms with E-state index in [0.29, 0.717) is 15.6 Å². The molecule has 0 aliphatic carbocycles. The molecule has 40 valence electrons. The van der Waals surface area contributed by atoms with Crippen LogP contribution in [0.3, 0.4) is 0 Å². The molecule has 3 heteroatoms. The second-order valence-electron chi connectivity index (χ2n) is 1.53. The molecule has 0 bridgehead atoms. The predicted molar refractivity (Wildman–Crippen MR) is 25.7 cm³/mol. The minimum absolute atomic E-state index is 0. The molecule has 1 heterocycles. The Morgan fingerprint density at radius 1 is 1.29 bits per heavy atom. The fourth-order valence-corrected chi connectivity index (χ4v) is 1.54. The van der Waals surface area contributed by atoms with E-state index >= 15 is 0 Å². The van der Waals surface area contributed by atoms with Crippen molar-refractivity contribution in [1.82, 2.24) is 0 Å². The minimum atomic E-state index is 0. The van der Waals surface area contributed by atoms with Crippen LogP contribution in [0.2, 0.25) is 5.28 Å². The summed E-state index contributed by atoms with van der Waals surface area (Å²) in [6.07, 6.45) is 2.71. The number of rotatable bonds is 0. The van der Waals surface area contributed by atoms with Crippen molar-refractivity contribution >= 4 is 15.6 Å². The van der Waals surface area contributed by atoms with Crippen molar-refractivity contribution in [2.75, 3.05) is 6.61 Å². The third-order valence-electron chi connectivity index (χ3n) is 0.952. The molecular weight excluding hydrogens is 277 g/mol. The fraction of sp³-hybridized carbons (Fsp3) is 1.00. The zero-order valence-electron chi connectivity index (χ0n) is 4.19. The first-order valence-corrected chi connectivity index (χ1v) is 3.72. The molecule has 1 aliphatic rings. The normalized spacial score (nSPS) is 19.4. The Bertz CT molecular complexity index is 27.2. The number of hydrogen-bond acceptors (Lipinski definition) is 1. The molecule has 0 aromatic rings. The third kappa shape index (κ3) is 3.71. The maximum atomic E-state index is 5.15. The van der Waals surface area contributed by atoms with E-state index in [0.717, 1.165) is 6.61 Å². The quantitative estimate of drug-likeness (QED) is 0.599. The van der Waals surface area contributed by atoms with E-state index in [1.807, 2.05) is 0 Å². The Kier molecular flexibility index (Phi) is 6.17. The largest absolute Gasteiger partial charge is 0.507 e. The summed E-state index contributed by atoms with van der Waals surface area (Å²) >= 11 is 0.405. The van der Waals surface area contributed by atoms with E-state index in [1.165, 1.54) is 18.1 Å². The molecule has 0 spiro atoms. The van der Waals surface area contributed by atoms with Crippen LogP contribution in [0.4, 0.5) is 0 Å². The molecule has 0 aromatic carbocycles. The van der Waals surface area contributed by atoms with Crippen molar-refractivity contribution in [3.05, 3.63) is 0 Å². The zero-order valence-corrected chi connectivity index (χ0v) is 8.06. The van der Waals surface area contributed by atoms with Crippen LogP contribution >= 0.6 is 0 Å². The summed E-state index contributed by atoms with van der Waals surface area (Å²) in [7, 11) is 0. The van der Waals surface area contributed by atoms with E-state index < -0.39 is 0 Å². The Morgan fingerprint density at radius 3 is 2.29 bits per heavy atom. The van der Waals surface area contributed by atoms with Crippen molar-refractivity contribution in [2.24, 2.45) is 0 Å². The van der Waals surface area contributed by atoms with Crippen molar-refractivity contribution in [1.29, 1.82) is 0 Å². The van der Waals surface area contributed by atoms with Crippen LogP contribution in [0, 0.1) is 0 Å². The third-order valence-corrected chi connectivity index (χ3v) is 2.07. The predicted octanol–water partition coefficient (Wildman–Crippen LogP) is 0.832. The van der Waals surface area contributed by atoms with E-state index in [9.17, 15) is 0 Å². The van der Waals surface area contributed by atoms with Gasteiger partial charge in [-0.15, -0.1) is 0 Å². The Morgan fingerprint density at radius 2 is 2.14 bits per heavy atom. The molecule has 0 unspecified atom stereocenters. The topological polar surface area (TPSA) is 9.23 Å². The fourth-order valence-electron chi connectivity index (χ4n) is 0.580. The average Bonchev–Trinajstić information content (AvgIpc) is 1.72. The van der Waals surface area contributed by atoms with Gasteiger partial charge >= 0.3 is 15.6 Å². The second-order valence-corrected chi connectivity index (χ2v) is 2.78. The molecule has 0 amide bonds. The molecule has 1 rings (SSSR count). The standard InChI is InChI=1S/C4H8O.Al.Re/c1-2-3-4-5;;/h1-4H2;;/q-1;+1;. The van der Waals surface area contributed by atoms with Gasteiger partial charge in [0.15, 0.2) is 0 Å². The maximum absolute atomic E-state index is 5.15. The molecule has 7 heavy (non-hydrogen) atoms. The summed E-state index contributed by atoms with van der Waals surface area (Å²) in [6, 6.07) is 0. The molecule has 2 radical (unpaired) electrons. The van der Waals surface area contributed by atoms with Crippen LogP contribution < -0.4 is 0 Å². The monoisotopic (exact) mass is 286 g/mol. The van der Waals surface area contributed by atoms with Crippen LogP contribution in [0.5, 0.6) is 0 Å². The van der Waals surface area contributed by atoms with Gasteiger partial charge in [0.25, 0.3) is 0 Å². The van der Waals surface area contributed by atoms with Crippen LogP contribution in [0.15, 0.2) is 0 Å². The minimum Gasteiger partial charge on any atom is -0.507 e. The van der Waals surface area contributed by atoms with Crippen molar-refractivity contribution in [2.45, 2.75) is 18.1 Å². The first-order chi connectivity index (χ1) is 3.00. The average molecular weight is 285 g/mol. The summed E-state index contributed by atoms with van der Waals surface area (Å²) in [6.45, 7) is 1.04. The van der Waals surface area contributed by atoms with Gasteiger partial charge in [0.05, 0.1) is 0 Å². The van der Waals surface area contributed by atoms with E-state index in [-0.39, 0.29) is 20.4 Å². The van der Waals surface area contributed by atoms with Crippen LogP contribution in [0.1, 0.15) is 12.8 Å². The Labute approximate surface area is 64.5 Å². The first kappa shape index (κ1) is 8.15. The SMILES string of the molecule is C1C[CH2][Al][O]C1.[Re]. The summed E-state index contributed by atoms with van der Waals surface area (Å²) in [5, 5.41) is 1.36. The summed E-state index contributed by atoms with van der Waals surface area (Å²) in [5.74, 6) is 0. The van der Waals surface area contributed by atoms with Crippen molar-refractivity contribution in [3.8, 4) is 0 Å². The summed E-state index contributed by atoms with van der Waals surface area (Å²) in [5.41, 5.74) is 0. The van der Waals surface area contributed by atoms with E-state index in [2.05, 4.69) is 0 Å². The van der Waals surface area contributed by atoms with E-state index in [1.54, 1.807) is 0 Å². The van der Waals surface area contributed by atoms with Gasteiger partial charge in [0, 0.05) is 27.0 Å². The second kappa shape index (κ2) is 5.29. The van der Waals surface area contributed by atoms with Gasteiger partial charge in [0.2, 0.25) is 0 Å². The molecular formula is C4H8AlORe. The molecule has 0 saturated carbocycles. The van der Waals surface area contributed by atoms with Gasteiger partial charge in [0.1, 0.15) is 0 Å². The van der Waals surface area contributed by atoms with Gasteiger partial charge in [-0.05, 0) is 6.42 Å². The van der Waals surface area contributed by atoms with Gasteiger partial charge in [-0.25, -0.2) is 0 Å². The van der Waals surface area contributed by atoms with Gasteiger partial charge in [-0.1, -0.05) is 11.7 Å². The Hall–Kier alpha value is 1.15. The van der Waals surface area contributed by atoms with Crippen molar-refractivity contribution < 1.29 is 24.2 Å². The molecule has 1 fully saturated rings. The molecule has 0 atom stereocenters. The molecule has 0 N–H and O–H groups in total. The molecule has 1 aliphatic heterocycles. The zero-order chi connectivity index (χ0) is 4.24. The maximum Gasteiger partial charge on any atom is 0.423 e. The number of hydrogen-bond donors (Lipinski definition) is 0.